The molecule has 7 nitrogen and oxygen atoms in total. The lowest BCUT2D eigenvalue weighted by Crippen LogP contribution is -2.43. The highest BCUT2D eigenvalue weighted by atomic mass is 16.6. The number of hydrogen-bond acceptors (Lipinski definition) is 6. The van der Waals surface area contributed by atoms with Crippen molar-refractivity contribution in [1.82, 2.24) is 9.80 Å². The standard InChI is InChI=1S/C16H26N4O3/c1-18(2)14-5-8-19(9-6-14)10-7-17-15-11-13(12-21)3-4-16(15)20(22)23/h3-4,11,14,17,21H,5-10,12H2,1-2H3. The molecule has 0 bridgehead atoms. The number of nitro benzene ring substituents is 1. The molecule has 0 spiro atoms. The molecule has 1 aliphatic rings. The van der Waals surface area contributed by atoms with Crippen molar-refractivity contribution in [1.29, 1.82) is 0 Å². The summed E-state index contributed by atoms with van der Waals surface area (Å²) in [7, 11) is 4.24. The summed E-state index contributed by atoms with van der Waals surface area (Å²) in [5.41, 5.74) is 1.20. The monoisotopic (exact) mass is 322 g/mol. The summed E-state index contributed by atoms with van der Waals surface area (Å²) in [6, 6.07) is 5.32. The molecule has 128 valence electrons. The van der Waals surface area contributed by atoms with E-state index in [0.717, 1.165) is 32.5 Å². The van der Waals surface area contributed by atoms with Crippen molar-refractivity contribution in [2.45, 2.75) is 25.5 Å². The van der Waals surface area contributed by atoms with Crippen molar-refractivity contribution >= 4 is 11.4 Å². The van der Waals surface area contributed by atoms with Gasteiger partial charge in [0.25, 0.3) is 5.69 Å². The predicted molar refractivity (Wildman–Crippen MR) is 90.7 cm³/mol. The van der Waals surface area contributed by atoms with E-state index >= 15 is 0 Å². The van der Waals surface area contributed by atoms with Crippen molar-refractivity contribution in [2.75, 3.05) is 45.6 Å². The average molecular weight is 322 g/mol. The molecule has 23 heavy (non-hydrogen) atoms. The van der Waals surface area contributed by atoms with Crippen LogP contribution in [0.2, 0.25) is 0 Å². The number of nitrogens with zero attached hydrogens (tertiary/aromatic N) is 3. The number of nitro groups is 1. The maximum Gasteiger partial charge on any atom is 0.292 e. The third-order valence-electron chi connectivity index (χ3n) is 4.47. The Hall–Kier alpha value is -1.70. The van der Waals surface area contributed by atoms with Crippen LogP contribution in [0, 0.1) is 10.1 Å². The predicted octanol–water partition coefficient (Wildman–Crippen LogP) is 1.52. The van der Waals surface area contributed by atoms with E-state index in [1.54, 1.807) is 12.1 Å². The molecule has 0 amide bonds. The van der Waals surface area contributed by atoms with Gasteiger partial charge in [-0.2, -0.15) is 0 Å². The maximum absolute atomic E-state index is 11.1. The molecule has 1 heterocycles. The molecule has 0 atom stereocenters. The van der Waals surface area contributed by atoms with Gasteiger partial charge in [-0.1, -0.05) is 0 Å². The third kappa shape index (κ3) is 4.89. The minimum absolute atomic E-state index is 0.0496. The Morgan fingerprint density at radius 3 is 2.65 bits per heavy atom. The van der Waals surface area contributed by atoms with Gasteiger partial charge in [-0.25, -0.2) is 0 Å². The first kappa shape index (κ1) is 17.7. The fourth-order valence-corrected chi connectivity index (χ4v) is 2.99. The number of anilines is 1. The van der Waals surface area contributed by atoms with Gasteiger partial charge in [-0.3, -0.25) is 10.1 Å². The zero-order valence-corrected chi connectivity index (χ0v) is 13.9. The van der Waals surface area contributed by atoms with Gasteiger partial charge in [0, 0.05) is 25.2 Å². The molecular formula is C16H26N4O3. The number of likely N-dealkylation sites (tertiary alicyclic amines) is 1. The molecule has 0 aromatic heterocycles. The summed E-state index contributed by atoms with van der Waals surface area (Å²) in [5.74, 6) is 0. The van der Waals surface area contributed by atoms with E-state index in [-0.39, 0.29) is 12.3 Å². The van der Waals surface area contributed by atoms with Gasteiger partial charge >= 0.3 is 0 Å². The fourth-order valence-electron chi connectivity index (χ4n) is 2.99. The lowest BCUT2D eigenvalue weighted by molar-refractivity contribution is -0.384. The third-order valence-corrected chi connectivity index (χ3v) is 4.47. The van der Waals surface area contributed by atoms with E-state index in [9.17, 15) is 15.2 Å². The van der Waals surface area contributed by atoms with Crippen LogP contribution < -0.4 is 5.32 Å². The molecule has 1 aliphatic heterocycles. The molecular weight excluding hydrogens is 296 g/mol. The lowest BCUT2D eigenvalue weighted by atomic mass is 10.0. The molecule has 0 aliphatic carbocycles. The summed E-state index contributed by atoms with van der Waals surface area (Å²) >= 11 is 0. The highest BCUT2D eigenvalue weighted by Crippen LogP contribution is 2.25. The molecule has 2 N–H and O–H groups in total. The molecule has 0 radical (unpaired) electrons. The van der Waals surface area contributed by atoms with Crippen LogP contribution in [0.5, 0.6) is 0 Å². The minimum Gasteiger partial charge on any atom is -0.392 e. The SMILES string of the molecule is CN(C)C1CCN(CCNc2cc(CO)ccc2[N+](=O)[O-])CC1. The minimum atomic E-state index is -0.397. The van der Waals surface area contributed by atoms with Crippen LogP contribution in [0.25, 0.3) is 0 Å². The second-order valence-electron chi connectivity index (χ2n) is 6.23. The van der Waals surface area contributed by atoms with E-state index in [0.29, 0.717) is 23.8 Å². The lowest BCUT2D eigenvalue weighted by Gasteiger charge is -2.35. The Kier molecular flexibility index (Phi) is 6.32. The van der Waals surface area contributed by atoms with E-state index < -0.39 is 4.92 Å². The van der Waals surface area contributed by atoms with Crippen molar-refractivity contribution in [3.8, 4) is 0 Å². The second kappa shape index (κ2) is 8.24. The van der Waals surface area contributed by atoms with Gasteiger partial charge < -0.3 is 20.2 Å². The highest BCUT2D eigenvalue weighted by Gasteiger charge is 2.20. The molecule has 1 fully saturated rings. The van der Waals surface area contributed by atoms with Gasteiger partial charge in [0.05, 0.1) is 11.5 Å². The molecule has 1 saturated heterocycles. The van der Waals surface area contributed by atoms with E-state index in [4.69, 9.17) is 0 Å². The van der Waals surface area contributed by atoms with Crippen molar-refractivity contribution in [3.63, 3.8) is 0 Å². The van der Waals surface area contributed by atoms with Gasteiger partial charge in [0.2, 0.25) is 0 Å². The zero-order chi connectivity index (χ0) is 16.8. The number of benzene rings is 1. The molecule has 7 heteroatoms. The Labute approximate surface area is 137 Å². The number of aliphatic hydroxyl groups is 1. The smallest absolute Gasteiger partial charge is 0.292 e. The summed E-state index contributed by atoms with van der Waals surface area (Å²) in [6.45, 7) is 3.51. The number of hydrogen-bond donors (Lipinski definition) is 2. The first-order chi connectivity index (χ1) is 11.0. The van der Waals surface area contributed by atoms with Crippen LogP contribution in [0.15, 0.2) is 18.2 Å². The Bertz CT molecular complexity index is 528. The molecule has 1 aromatic rings. The van der Waals surface area contributed by atoms with Crippen LogP contribution >= 0.6 is 0 Å². The molecule has 0 unspecified atom stereocenters. The highest BCUT2D eigenvalue weighted by molar-refractivity contribution is 5.62. The van der Waals surface area contributed by atoms with Crippen LogP contribution in [-0.4, -0.2) is 66.1 Å². The summed E-state index contributed by atoms with van der Waals surface area (Å²) in [6.07, 6.45) is 2.32. The summed E-state index contributed by atoms with van der Waals surface area (Å²) in [4.78, 5) is 15.3. The van der Waals surface area contributed by atoms with Crippen molar-refractivity contribution in [3.05, 3.63) is 33.9 Å². The zero-order valence-electron chi connectivity index (χ0n) is 13.9. The number of nitrogens with one attached hydrogen (secondary N) is 1. The number of aliphatic hydroxyl groups excluding tert-OH is 1. The van der Waals surface area contributed by atoms with Gasteiger partial charge in [-0.15, -0.1) is 0 Å². The molecule has 0 saturated carbocycles. The van der Waals surface area contributed by atoms with E-state index in [1.807, 2.05) is 0 Å². The van der Waals surface area contributed by atoms with Crippen LogP contribution in [-0.2, 0) is 6.61 Å². The van der Waals surface area contributed by atoms with Crippen LogP contribution in [0.3, 0.4) is 0 Å². The Balaban J connectivity index is 1.85. The van der Waals surface area contributed by atoms with E-state index in [2.05, 4.69) is 29.2 Å². The van der Waals surface area contributed by atoms with Crippen LogP contribution in [0.1, 0.15) is 18.4 Å². The average Bonchev–Trinajstić information content (AvgIpc) is 2.55. The number of piperidine rings is 1. The quantitative estimate of drug-likeness (QED) is 0.585. The van der Waals surface area contributed by atoms with Gasteiger partial charge in [0.15, 0.2) is 0 Å². The van der Waals surface area contributed by atoms with E-state index in [1.165, 1.54) is 6.07 Å². The first-order valence-corrected chi connectivity index (χ1v) is 8.02. The van der Waals surface area contributed by atoms with Gasteiger partial charge in [-0.05, 0) is 57.7 Å². The first-order valence-electron chi connectivity index (χ1n) is 8.02. The molecule has 1 aromatic carbocycles. The normalized spacial score (nSPS) is 16.7. The van der Waals surface area contributed by atoms with Crippen LogP contribution in [0.4, 0.5) is 11.4 Å². The van der Waals surface area contributed by atoms with Crippen molar-refractivity contribution in [2.24, 2.45) is 0 Å². The maximum atomic E-state index is 11.1. The molecule has 2 rings (SSSR count). The van der Waals surface area contributed by atoms with Gasteiger partial charge in [0.1, 0.15) is 5.69 Å². The Morgan fingerprint density at radius 1 is 1.39 bits per heavy atom. The Morgan fingerprint density at radius 2 is 2.09 bits per heavy atom. The van der Waals surface area contributed by atoms with Crippen molar-refractivity contribution < 1.29 is 10.0 Å². The summed E-state index contributed by atoms with van der Waals surface area (Å²) in [5, 5.41) is 23.4. The largest absolute Gasteiger partial charge is 0.392 e. The topological polar surface area (TPSA) is 81.9 Å². The summed E-state index contributed by atoms with van der Waals surface area (Å²) < 4.78 is 0. The number of rotatable bonds is 7. The second-order valence-corrected chi connectivity index (χ2v) is 6.23. The fraction of sp³-hybridized carbons (Fsp3) is 0.625.